The monoisotopic (exact) mass is 193 g/mol. The van der Waals surface area contributed by atoms with E-state index in [0.717, 1.165) is 10.7 Å². The van der Waals surface area contributed by atoms with Gasteiger partial charge in [0.2, 0.25) is 0 Å². The van der Waals surface area contributed by atoms with Gasteiger partial charge >= 0.3 is 0 Å². The number of aromatic nitrogens is 1. The highest BCUT2D eigenvalue weighted by molar-refractivity contribution is 6.31. The average Bonchev–Trinajstić information content (AvgIpc) is 2.20. The number of nitrogens with zero attached hydrogens (tertiary/aromatic N) is 1. The Hall–Kier alpha value is -0.820. The van der Waals surface area contributed by atoms with Gasteiger partial charge in [0.15, 0.2) is 0 Å². The topological polar surface area (TPSA) is 12.9 Å². The van der Waals surface area contributed by atoms with Crippen LogP contribution >= 0.6 is 11.6 Å². The molecular formula is C11H12ClN. The van der Waals surface area contributed by atoms with Gasteiger partial charge in [-0.1, -0.05) is 23.8 Å². The van der Waals surface area contributed by atoms with E-state index in [2.05, 4.69) is 17.1 Å². The molecule has 1 aromatic heterocycles. The molecular weight excluding hydrogens is 182 g/mol. The molecule has 1 unspecified atom stereocenters. The van der Waals surface area contributed by atoms with E-state index in [-0.39, 0.29) is 0 Å². The van der Waals surface area contributed by atoms with Gasteiger partial charge in [0.25, 0.3) is 0 Å². The SMILES string of the molecule is Clc1cccnc1C1C=CCCC1. The molecule has 1 aliphatic rings. The van der Waals surface area contributed by atoms with E-state index < -0.39 is 0 Å². The van der Waals surface area contributed by atoms with Crippen LogP contribution in [0.25, 0.3) is 0 Å². The Balaban J connectivity index is 2.29. The summed E-state index contributed by atoms with van der Waals surface area (Å²) in [7, 11) is 0. The van der Waals surface area contributed by atoms with E-state index in [4.69, 9.17) is 11.6 Å². The van der Waals surface area contributed by atoms with Crippen molar-refractivity contribution < 1.29 is 0 Å². The molecule has 0 spiro atoms. The van der Waals surface area contributed by atoms with Gasteiger partial charge in [-0.2, -0.15) is 0 Å². The predicted molar refractivity (Wildman–Crippen MR) is 55.0 cm³/mol. The highest BCUT2D eigenvalue weighted by atomic mass is 35.5. The van der Waals surface area contributed by atoms with Crippen molar-refractivity contribution in [3.63, 3.8) is 0 Å². The Bertz CT molecular complexity index is 320. The fourth-order valence-corrected chi connectivity index (χ4v) is 1.97. The molecule has 0 radical (unpaired) electrons. The molecule has 0 amide bonds. The van der Waals surface area contributed by atoms with Crippen LogP contribution in [0.5, 0.6) is 0 Å². The number of halogens is 1. The molecule has 68 valence electrons. The zero-order chi connectivity index (χ0) is 9.10. The fraction of sp³-hybridized carbons (Fsp3) is 0.364. The first-order chi connectivity index (χ1) is 6.38. The summed E-state index contributed by atoms with van der Waals surface area (Å²) in [6, 6.07) is 3.78. The molecule has 2 heteroatoms. The predicted octanol–water partition coefficient (Wildman–Crippen LogP) is 3.56. The van der Waals surface area contributed by atoms with Crippen molar-refractivity contribution in [2.45, 2.75) is 25.2 Å². The van der Waals surface area contributed by atoms with Crippen LogP contribution in [0.15, 0.2) is 30.5 Å². The first-order valence-corrected chi connectivity index (χ1v) is 5.03. The molecule has 0 fully saturated rings. The van der Waals surface area contributed by atoms with Crippen molar-refractivity contribution in [1.29, 1.82) is 0 Å². The molecule has 0 saturated carbocycles. The van der Waals surface area contributed by atoms with Gasteiger partial charge in [-0.05, 0) is 31.4 Å². The zero-order valence-electron chi connectivity index (χ0n) is 7.41. The van der Waals surface area contributed by atoms with Crippen molar-refractivity contribution in [1.82, 2.24) is 4.98 Å². The molecule has 1 aromatic rings. The quantitative estimate of drug-likeness (QED) is 0.622. The minimum Gasteiger partial charge on any atom is -0.259 e. The lowest BCUT2D eigenvalue weighted by atomic mass is 9.93. The first kappa shape index (κ1) is 8.76. The van der Waals surface area contributed by atoms with Crippen molar-refractivity contribution >= 4 is 11.6 Å². The van der Waals surface area contributed by atoms with Gasteiger partial charge in [-0.15, -0.1) is 0 Å². The van der Waals surface area contributed by atoms with Crippen molar-refractivity contribution in [3.05, 3.63) is 41.2 Å². The largest absolute Gasteiger partial charge is 0.259 e. The first-order valence-electron chi connectivity index (χ1n) is 4.65. The summed E-state index contributed by atoms with van der Waals surface area (Å²) in [6.07, 6.45) is 9.86. The molecule has 0 N–H and O–H groups in total. The standard InChI is InChI=1S/C11H12ClN/c12-10-7-4-8-13-11(10)9-5-2-1-3-6-9/h2,4-5,7-9H,1,3,6H2. The van der Waals surface area contributed by atoms with Crippen LogP contribution in [0.1, 0.15) is 30.9 Å². The summed E-state index contributed by atoms with van der Waals surface area (Å²) in [5, 5.41) is 0.791. The molecule has 2 rings (SSSR count). The lowest BCUT2D eigenvalue weighted by Gasteiger charge is -2.16. The summed E-state index contributed by atoms with van der Waals surface area (Å²) in [6.45, 7) is 0. The summed E-state index contributed by atoms with van der Waals surface area (Å²) in [4.78, 5) is 4.32. The summed E-state index contributed by atoms with van der Waals surface area (Å²) < 4.78 is 0. The second-order valence-electron chi connectivity index (χ2n) is 3.34. The van der Waals surface area contributed by atoms with Crippen LogP contribution in [-0.4, -0.2) is 4.98 Å². The van der Waals surface area contributed by atoms with E-state index >= 15 is 0 Å². The number of pyridine rings is 1. The molecule has 1 atom stereocenters. The summed E-state index contributed by atoms with van der Waals surface area (Å²) in [5.41, 5.74) is 1.03. The van der Waals surface area contributed by atoms with E-state index in [0.29, 0.717) is 5.92 Å². The van der Waals surface area contributed by atoms with Gasteiger partial charge in [-0.25, -0.2) is 0 Å². The third-order valence-electron chi connectivity index (χ3n) is 2.39. The van der Waals surface area contributed by atoms with Crippen LogP contribution in [-0.2, 0) is 0 Å². The highest BCUT2D eigenvalue weighted by Crippen LogP contribution is 2.30. The highest BCUT2D eigenvalue weighted by Gasteiger charge is 2.14. The zero-order valence-corrected chi connectivity index (χ0v) is 8.17. The summed E-state index contributed by atoms with van der Waals surface area (Å²) in [5.74, 6) is 0.433. The van der Waals surface area contributed by atoms with Crippen molar-refractivity contribution in [2.24, 2.45) is 0 Å². The molecule has 1 aliphatic carbocycles. The van der Waals surface area contributed by atoms with E-state index in [1.165, 1.54) is 19.3 Å². The van der Waals surface area contributed by atoms with E-state index in [9.17, 15) is 0 Å². The minimum atomic E-state index is 0.433. The third-order valence-corrected chi connectivity index (χ3v) is 2.71. The fourth-order valence-electron chi connectivity index (χ4n) is 1.71. The van der Waals surface area contributed by atoms with Crippen LogP contribution in [0.4, 0.5) is 0 Å². The number of hydrogen-bond acceptors (Lipinski definition) is 1. The maximum atomic E-state index is 6.06. The van der Waals surface area contributed by atoms with Crippen molar-refractivity contribution in [2.75, 3.05) is 0 Å². The molecule has 0 aromatic carbocycles. The Kier molecular flexibility index (Phi) is 2.65. The van der Waals surface area contributed by atoms with Gasteiger partial charge in [0.1, 0.15) is 0 Å². The van der Waals surface area contributed by atoms with Crippen LogP contribution in [0.2, 0.25) is 5.02 Å². The van der Waals surface area contributed by atoms with Crippen LogP contribution < -0.4 is 0 Å². The van der Waals surface area contributed by atoms with Gasteiger partial charge in [-0.3, -0.25) is 4.98 Å². The maximum absolute atomic E-state index is 6.06. The molecule has 0 aliphatic heterocycles. The number of rotatable bonds is 1. The van der Waals surface area contributed by atoms with Crippen LogP contribution in [0.3, 0.4) is 0 Å². The Labute approximate surface area is 83.4 Å². The van der Waals surface area contributed by atoms with Gasteiger partial charge in [0.05, 0.1) is 10.7 Å². The number of hydrogen-bond donors (Lipinski definition) is 0. The Morgan fingerprint density at radius 1 is 1.46 bits per heavy atom. The molecule has 0 bridgehead atoms. The smallest absolute Gasteiger partial charge is 0.0658 e. The number of allylic oxidation sites excluding steroid dienone is 2. The van der Waals surface area contributed by atoms with Gasteiger partial charge in [0, 0.05) is 12.1 Å². The third kappa shape index (κ3) is 1.92. The average molecular weight is 194 g/mol. The molecule has 13 heavy (non-hydrogen) atoms. The minimum absolute atomic E-state index is 0.433. The molecule has 1 nitrogen and oxygen atoms in total. The van der Waals surface area contributed by atoms with E-state index in [1.807, 2.05) is 18.3 Å². The second-order valence-corrected chi connectivity index (χ2v) is 3.74. The molecule has 0 saturated heterocycles. The van der Waals surface area contributed by atoms with Crippen LogP contribution in [0, 0.1) is 0 Å². The normalized spacial score (nSPS) is 21.8. The Morgan fingerprint density at radius 3 is 3.08 bits per heavy atom. The lowest BCUT2D eigenvalue weighted by Crippen LogP contribution is -2.02. The van der Waals surface area contributed by atoms with Crippen molar-refractivity contribution in [3.8, 4) is 0 Å². The molecule has 1 heterocycles. The summed E-state index contributed by atoms with van der Waals surface area (Å²) >= 11 is 6.06. The van der Waals surface area contributed by atoms with Gasteiger partial charge < -0.3 is 0 Å². The lowest BCUT2D eigenvalue weighted by molar-refractivity contribution is 0.641. The maximum Gasteiger partial charge on any atom is 0.0658 e. The second kappa shape index (κ2) is 3.93. The van der Waals surface area contributed by atoms with E-state index in [1.54, 1.807) is 0 Å². The Morgan fingerprint density at radius 2 is 2.38 bits per heavy atom.